The van der Waals surface area contributed by atoms with Crippen LogP contribution in [0.4, 0.5) is 0 Å². The van der Waals surface area contributed by atoms with E-state index >= 15 is 0 Å². The zero-order valence-corrected chi connectivity index (χ0v) is 15.0. The minimum absolute atomic E-state index is 0.115. The van der Waals surface area contributed by atoms with E-state index in [1.807, 2.05) is 6.92 Å². The Kier molecular flexibility index (Phi) is 5.47. The smallest absolute Gasteiger partial charge is 0.187 e. The molecule has 0 spiro atoms. The van der Waals surface area contributed by atoms with Crippen molar-refractivity contribution in [2.75, 3.05) is 18.1 Å². The number of hydrogen-bond acceptors (Lipinski definition) is 8. The largest absolute Gasteiger partial charge is 0.374 e. The van der Waals surface area contributed by atoms with Crippen molar-refractivity contribution in [3.63, 3.8) is 0 Å². The Morgan fingerprint density at radius 1 is 1.38 bits per heavy atom. The Hall–Kier alpha value is -1.52. The number of hydrogen-bond donors (Lipinski definition) is 0. The van der Waals surface area contributed by atoms with E-state index < -0.39 is 9.84 Å². The summed E-state index contributed by atoms with van der Waals surface area (Å²) in [6.45, 7) is 2.81. The third-order valence-corrected chi connectivity index (χ3v) is 6.23. The molecule has 0 saturated carbocycles. The predicted molar refractivity (Wildman–Crippen MR) is 89.3 cm³/mol. The number of nitrogens with zero attached hydrogens (tertiary/aromatic N) is 5. The summed E-state index contributed by atoms with van der Waals surface area (Å²) in [5.41, 5.74) is 0. The molecule has 1 aliphatic rings. The maximum Gasteiger partial charge on any atom is 0.187 e. The lowest BCUT2D eigenvalue weighted by atomic mass is 10.3. The van der Waals surface area contributed by atoms with Crippen LogP contribution < -0.4 is 0 Å². The normalized spacial score (nSPS) is 19.6. The van der Waals surface area contributed by atoms with Gasteiger partial charge in [0.25, 0.3) is 0 Å². The van der Waals surface area contributed by atoms with Gasteiger partial charge in [0.2, 0.25) is 0 Å². The van der Waals surface area contributed by atoms with Gasteiger partial charge in [0.15, 0.2) is 20.8 Å². The molecule has 0 radical (unpaired) electrons. The first kappa shape index (κ1) is 17.3. The molecule has 0 unspecified atom stereocenters. The number of ether oxygens (including phenoxy) is 1. The Morgan fingerprint density at radius 2 is 2.17 bits per heavy atom. The quantitative estimate of drug-likeness (QED) is 0.531. The molecule has 0 aliphatic carbocycles. The fourth-order valence-electron chi connectivity index (χ4n) is 2.51. The van der Waals surface area contributed by atoms with E-state index in [0.717, 1.165) is 5.82 Å². The minimum Gasteiger partial charge on any atom is -0.374 e. The van der Waals surface area contributed by atoms with Gasteiger partial charge in [0, 0.05) is 19.0 Å². The highest BCUT2D eigenvalue weighted by Gasteiger charge is 2.31. The standard InChI is InChI=1S/C14H19N5O3S2/c1-2-22-8-12-17-13(9-23-14-15-5-3-6-16-14)19(18-12)11-4-7-24(20,21)10-11/h3,5-6,11H,2,4,7-10H2,1H3/t11-/m0/s1. The average Bonchev–Trinajstić information content (AvgIpc) is 3.14. The van der Waals surface area contributed by atoms with E-state index in [1.165, 1.54) is 11.8 Å². The Morgan fingerprint density at radius 3 is 2.83 bits per heavy atom. The van der Waals surface area contributed by atoms with Gasteiger partial charge in [-0.05, 0) is 19.4 Å². The zero-order valence-electron chi connectivity index (χ0n) is 13.3. The number of rotatable bonds is 7. The van der Waals surface area contributed by atoms with Gasteiger partial charge in [-0.1, -0.05) is 11.8 Å². The molecule has 24 heavy (non-hydrogen) atoms. The number of aromatic nitrogens is 5. The lowest BCUT2D eigenvalue weighted by Crippen LogP contribution is -2.15. The van der Waals surface area contributed by atoms with E-state index in [0.29, 0.717) is 36.4 Å². The Balaban J connectivity index is 1.78. The van der Waals surface area contributed by atoms with Crippen molar-refractivity contribution in [3.8, 4) is 0 Å². The average molecular weight is 369 g/mol. The van der Waals surface area contributed by atoms with Crippen molar-refractivity contribution < 1.29 is 13.2 Å². The Labute approximate surface area is 145 Å². The molecule has 1 aliphatic heterocycles. The van der Waals surface area contributed by atoms with Crippen LogP contribution in [0.2, 0.25) is 0 Å². The molecule has 8 nitrogen and oxygen atoms in total. The highest BCUT2D eigenvalue weighted by atomic mass is 32.2. The van der Waals surface area contributed by atoms with E-state index in [2.05, 4.69) is 20.1 Å². The fraction of sp³-hybridized carbons (Fsp3) is 0.571. The van der Waals surface area contributed by atoms with Gasteiger partial charge in [-0.3, -0.25) is 0 Å². The first-order chi connectivity index (χ1) is 11.6. The van der Waals surface area contributed by atoms with Gasteiger partial charge in [-0.15, -0.1) is 0 Å². The number of sulfone groups is 1. The summed E-state index contributed by atoms with van der Waals surface area (Å²) in [6, 6.07) is 1.60. The molecule has 3 rings (SSSR count). The van der Waals surface area contributed by atoms with E-state index in [-0.39, 0.29) is 17.5 Å². The molecule has 10 heteroatoms. The zero-order chi connectivity index (χ0) is 17.0. The summed E-state index contributed by atoms with van der Waals surface area (Å²) < 4.78 is 30.7. The molecule has 1 saturated heterocycles. The molecule has 2 aromatic rings. The SMILES string of the molecule is CCOCc1nc(CSc2ncccn2)n([C@H]2CCS(=O)(=O)C2)n1. The molecule has 1 fully saturated rings. The first-order valence-electron chi connectivity index (χ1n) is 7.69. The molecule has 1 atom stereocenters. The van der Waals surface area contributed by atoms with Crippen LogP contribution in [-0.4, -0.2) is 51.3 Å². The van der Waals surface area contributed by atoms with Gasteiger partial charge < -0.3 is 4.74 Å². The van der Waals surface area contributed by atoms with E-state index in [1.54, 1.807) is 23.1 Å². The molecular formula is C14H19N5O3S2. The maximum atomic E-state index is 11.8. The van der Waals surface area contributed by atoms with Crippen LogP contribution in [0, 0.1) is 0 Å². The van der Waals surface area contributed by atoms with Gasteiger partial charge >= 0.3 is 0 Å². The molecule has 0 bridgehead atoms. The van der Waals surface area contributed by atoms with Crippen LogP contribution in [0.3, 0.4) is 0 Å². The van der Waals surface area contributed by atoms with Crippen LogP contribution in [0.1, 0.15) is 31.0 Å². The molecule has 0 aromatic carbocycles. The third kappa shape index (κ3) is 4.31. The summed E-state index contributed by atoms with van der Waals surface area (Å²) in [4.78, 5) is 12.9. The van der Waals surface area contributed by atoms with Crippen molar-refractivity contribution >= 4 is 21.6 Å². The van der Waals surface area contributed by atoms with Crippen molar-refractivity contribution in [1.82, 2.24) is 24.7 Å². The summed E-state index contributed by atoms with van der Waals surface area (Å²) in [7, 11) is -2.99. The maximum absolute atomic E-state index is 11.8. The second-order valence-electron chi connectivity index (χ2n) is 5.40. The predicted octanol–water partition coefficient (Wildman–Crippen LogP) is 1.26. The van der Waals surface area contributed by atoms with Gasteiger partial charge in [-0.25, -0.2) is 28.1 Å². The van der Waals surface area contributed by atoms with Crippen molar-refractivity contribution in [2.45, 2.75) is 36.9 Å². The van der Waals surface area contributed by atoms with Crippen LogP contribution in [-0.2, 0) is 26.9 Å². The topological polar surface area (TPSA) is 99.9 Å². The third-order valence-electron chi connectivity index (χ3n) is 3.61. The lowest BCUT2D eigenvalue weighted by Gasteiger charge is -2.11. The van der Waals surface area contributed by atoms with Crippen molar-refractivity contribution in [2.24, 2.45) is 0 Å². The van der Waals surface area contributed by atoms with Crippen LogP contribution in [0.5, 0.6) is 0 Å². The number of thioether (sulfide) groups is 1. The molecule has 0 amide bonds. The molecular weight excluding hydrogens is 350 g/mol. The van der Waals surface area contributed by atoms with E-state index in [4.69, 9.17) is 4.74 Å². The van der Waals surface area contributed by atoms with Crippen LogP contribution in [0.25, 0.3) is 0 Å². The van der Waals surface area contributed by atoms with Gasteiger partial charge in [-0.2, -0.15) is 5.10 Å². The Bertz CT molecular complexity index is 779. The minimum atomic E-state index is -2.99. The lowest BCUT2D eigenvalue weighted by molar-refractivity contribution is 0.128. The monoisotopic (exact) mass is 369 g/mol. The molecule has 130 valence electrons. The van der Waals surface area contributed by atoms with Crippen LogP contribution >= 0.6 is 11.8 Å². The van der Waals surface area contributed by atoms with Crippen molar-refractivity contribution in [1.29, 1.82) is 0 Å². The fourth-order valence-corrected chi connectivity index (χ4v) is 4.93. The van der Waals surface area contributed by atoms with Crippen molar-refractivity contribution in [3.05, 3.63) is 30.1 Å². The summed E-state index contributed by atoms with van der Waals surface area (Å²) in [6.07, 6.45) is 3.94. The van der Waals surface area contributed by atoms with Gasteiger partial charge in [0.1, 0.15) is 12.4 Å². The molecule has 0 N–H and O–H groups in total. The second-order valence-corrected chi connectivity index (χ2v) is 8.57. The summed E-state index contributed by atoms with van der Waals surface area (Å²) >= 11 is 1.45. The second kappa shape index (κ2) is 7.58. The summed E-state index contributed by atoms with van der Waals surface area (Å²) in [5, 5.41) is 5.12. The van der Waals surface area contributed by atoms with Gasteiger partial charge in [0.05, 0.1) is 23.3 Å². The summed E-state index contributed by atoms with van der Waals surface area (Å²) in [5.74, 6) is 2.14. The molecule has 3 heterocycles. The van der Waals surface area contributed by atoms with Crippen LogP contribution in [0.15, 0.2) is 23.6 Å². The molecule has 2 aromatic heterocycles. The van der Waals surface area contributed by atoms with E-state index in [9.17, 15) is 8.42 Å². The first-order valence-corrected chi connectivity index (χ1v) is 10.5. The highest BCUT2D eigenvalue weighted by Crippen LogP contribution is 2.26. The highest BCUT2D eigenvalue weighted by molar-refractivity contribution is 7.98.